The summed E-state index contributed by atoms with van der Waals surface area (Å²) in [6.45, 7) is 2.10. The Morgan fingerprint density at radius 1 is 1.50 bits per heavy atom. The lowest BCUT2D eigenvalue weighted by molar-refractivity contribution is 0.315. The van der Waals surface area contributed by atoms with Crippen LogP contribution in [-0.4, -0.2) is 43.1 Å². The summed E-state index contributed by atoms with van der Waals surface area (Å²) in [6.07, 6.45) is 1.18. The molecular weight excluding hydrogens is 266 g/mol. The summed E-state index contributed by atoms with van der Waals surface area (Å²) in [5.41, 5.74) is 7.50. The van der Waals surface area contributed by atoms with E-state index in [0.29, 0.717) is 16.1 Å². The van der Waals surface area contributed by atoms with Crippen molar-refractivity contribution in [3.05, 3.63) is 28.8 Å². The van der Waals surface area contributed by atoms with Crippen LogP contribution in [0.2, 0.25) is 5.02 Å². The van der Waals surface area contributed by atoms with E-state index in [1.54, 1.807) is 0 Å². The van der Waals surface area contributed by atoms with E-state index in [-0.39, 0.29) is 0 Å². The zero-order valence-corrected chi connectivity index (χ0v) is 12.3. The van der Waals surface area contributed by atoms with E-state index >= 15 is 0 Å². The summed E-state index contributed by atoms with van der Waals surface area (Å²) in [5, 5.41) is 0.633. The second-order valence-corrected chi connectivity index (χ2v) is 5.73. The van der Waals surface area contributed by atoms with E-state index in [4.69, 9.17) is 29.6 Å². The predicted octanol–water partition coefficient (Wildman–Crippen LogP) is 2.11. The minimum Gasteiger partial charge on any atom is -0.389 e. The number of benzene rings is 1. The minimum atomic E-state index is 0.346. The number of nitrogens with two attached hydrogens (primary N) is 1. The Kier molecular flexibility index (Phi) is 4.10. The Labute approximate surface area is 119 Å². The molecule has 1 aliphatic rings. The van der Waals surface area contributed by atoms with Crippen molar-refractivity contribution >= 4 is 34.5 Å². The molecule has 5 heteroatoms. The van der Waals surface area contributed by atoms with Crippen molar-refractivity contribution in [2.75, 3.05) is 32.1 Å². The first-order chi connectivity index (χ1) is 8.49. The summed E-state index contributed by atoms with van der Waals surface area (Å²) in [4.78, 5) is 4.96. The summed E-state index contributed by atoms with van der Waals surface area (Å²) >= 11 is 11.2. The van der Waals surface area contributed by atoms with E-state index in [1.165, 1.54) is 6.42 Å². The van der Waals surface area contributed by atoms with E-state index in [9.17, 15) is 0 Å². The van der Waals surface area contributed by atoms with Crippen molar-refractivity contribution in [1.82, 2.24) is 4.90 Å². The van der Waals surface area contributed by atoms with Crippen LogP contribution >= 0.6 is 23.8 Å². The summed E-state index contributed by atoms with van der Waals surface area (Å²) < 4.78 is 0. The number of anilines is 1. The van der Waals surface area contributed by atoms with E-state index in [2.05, 4.69) is 23.9 Å². The van der Waals surface area contributed by atoms with Gasteiger partial charge >= 0.3 is 0 Å². The van der Waals surface area contributed by atoms with Gasteiger partial charge in [0.05, 0.1) is 5.02 Å². The maximum absolute atomic E-state index is 6.20. The second-order valence-electron chi connectivity index (χ2n) is 4.88. The number of hydrogen-bond donors (Lipinski definition) is 1. The van der Waals surface area contributed by atoms with Crippen LogP contribution in [0.3, 0.4) is 0 Å². The van der Waals surface area contributed by atoms with Crippen LogP contribution in [0.5, 0.6) is 0 Å². The van der Waals surface area contributed by atoms with Crippen LogP contribution in [0.25, 0.3) is 0 Å². The Hall–Kier alpha value is -0.840. The van der Waals surface area contributed by atoms with Crippen LogP contribution in [-0.2, 0) is 0 Å². The van der Waals surface area contributed by atoms with Gasteiger partial charge in [-0.1, -0.05) is 23.8 Å². The molecule has 1 unspecified atom stereocenters. The molecule has 3 nitrogen and oxygen atoms in total. The maximum Gasteiger partial charge on any atom is 0.105 e. The van der Waals surface area contributed by atoms with Crippen molar-refractivity contribution in [1.29, 1.82) is 0 Å². The number of halogens is 1. The lowest BCUT2D eigenvalue weighted by Crippen LogP contribution is -2.31. The largest absolute Gasteiger partial charge is 0.389 e. The van der Waals surface area contributed by atoms with Crippen molar-refractivity contribution in [3.8, 4) is 0 Å². The molecule has 0 amide bonds. The minimum absolute atomic E-state index is 0.346. The normalized spacial score (nSPS) is 19.6. The molecule has 1 aromatic carbocycles. The smallest absolute Gasteiger partial charge is 0.105 e. The molecule has 2 N–H and O–H groups in total. The first-order valence-corrected chi connectivity index (χ1v) is 6.78. The fourth-order valence-corrected chi connectivity index (χ4v) is 2.81. The molecular formula is C13H18ClN3S. The zero-order valence-electron chi connectivity index (χ0n) is 10.7. The van der Waals surface area contributed by atoms with Gasteiger partial charge in [-0.25, -0.2) is 0 Å². The van der Waals surface area contributed by atoms with Crippen LogP contribution < -0.4 is 10.6 Å². The number of likely N-dealkylation sites (N-methyl/N-ethyl adjacent to an activating group) is 1. The van der Waals surface area contributed by atoms with E-state index < -0.39 is 0 Å². The zero-order chi connectivity index (χ0) is 13.3. The summed E-state index contributed by atoms with van der Waals surface area (Å²) in [6, 6.07) is 6.51. The van der Waals surface area contributed by atoms with Crippen molar-refractivity contribution in [2.24, 2.45) is 5.73 Å². The molecule has 1 heterocycles. The van der Waals surface area contributed by atoms with Crippen molar-refractivity contribution < 1.29 is 0 Å². The third-order valence-electron chi connectivity index (χ3n) is 3.48. The van der Waals surface area contributed by atoms with Gasteiger partial charge in [0.15, 0.2) is 0 Å². The third kappa shape index (κ3) is 2.76. The quantitative estimate of drug-likeness (QED) is 0.862. The van der Waals surface area contributed by atoms with Gasteiger partial charge < -0.3 is 15.5 Å². The third-order valence-corrected chi connectivity index (χ3v) is 4.01. The SMILES string of the molecule is CN(C)C1CCN(c2ccc(C(N)=S)c(Cl)c2)C1. The van der Waals surface area contributed by atoms with Gasteiger partial charge in [-0.05, 0) is 38.7 Å². The van der Waals surface area contributed by atoms with E-state index in [0.717, 1.165) is 24.3 Å². The Morgan fingerprint density at radius 2 is 2.22 bits per heavy atom. The van der Waals surface area contributed by atoms with Gasteiger partial charge in [0.25, 0.3) is 0 Å². The molecule has 0 bridgehead atoms. The van der Waals surface area contributed by atoms with Crippen LogP contribution in [0.4, 0.5) is 5.69 Å². The van der Waals surface area contributed by atoms with Gasteiger partial charge in [-0.15, -0.1) is 0 Å². The molecule has 0 aliphatic carbocycles. The molecule has 1 aromatic rings. The molecule has 18 heavy (non-hydrogen) atoms. The Balaban J connectivity index is 2.16. The molecule has 0 radical (unpaired) electrons. The van der Waals surface area contributed by atoms with Crippen LogP contribution in [0.15, 0.2) is 18.2 Å². The highest BCUT2D eigenvalue weighted by Crippen LogP contribution is 2.27. The highest BCUT2D eigenvalue weighted by atomic mass is 35.5. The highest BCUT2D eigenvalue weighted by molar-refractivity contribution is 7.80. The standard InChI is InChI=1S/C13H18ClN3S/c1-16(2)10-5-6-17(8-10)9-3-4-11(13(15)18)12(14)7-9/h3-4,7,10H,5-6,8H2,1-2H3,(H2,15,18). The molecule has 1 aliphatic heterocycles. The van der Waals surface area contributed by atoms with Crippen LogP contribution in [0.1, 0.15) is 12.0 Å². The monoisotopic (exact) mass is 283 g/mol. The number of thiocarbonyl (C=S) groups is 1. The maximum atomic E-state index is 6.20. The number of nitrogens with zero attached hydrogens (tertiary/aromatic N) is 2. The van der Waals surface area contributed by atoms with Gasteiger partial charge in [-0.2, -0.15) is 0 Å². The Bertz CT molecular complexity index is 462. The first kappa shape index (κ1) is 13.6. The van der Waals surface area contributed by atoms with Gasteiger partial charge in [0.2, 0.25) is 0 Å². The highest BCUT2D eigenvalue weighted by Gasteiger charge is 2.24. The molecule has 1 fully saturated rings. The van der Waals surface area contributed by atoms with Gasteiger partial charge in [-0.3, -0.25) is 0 Å². The molecule has 1 saturated heterocycles. The average Bonchev–Trinajstić information content (AvgIpc) is 2.77. The lowest BCUT2D eigenvalue weighted by Gasteiger charge is -2.22. The van der Waals surface area contributed by atoms with E-state index in [1.807, 2.05) is 18.2 Å². The summed E-state index contributed by atoms with van der Waals surface area (Å²) in [7, 11) is 4.24. The molecule has 0 saturated carbocycles. The Morgan fingerprint density at radius 3 is 2.72 bits per heavy atom. The van der Waals surface area contributed by atoms with Gasteiger partial charge in [0.1, 0.15) is 4.99 Å². The number of rotatable bonds is 3. The molecule has 1 atom stereocenters. The topological polar surface area (TPSA) is 32.5 Å². The molecule has 98 valence electrons. The predicted molar refractivity (Wildman–Crippen MR) is 81.6 cm³/mol. The summed E-state index contributed by atoms with van der Waals surface area (Å²) in [5.74, 6) is 0. The fourth-order valence-electron chi connectivity index (χ4n) is 2.30. The van der Waals surface area contributed by atoms with Crippen LogP contribution in [0, 0.1) is 0 Å². The lowest BCUT2D eigenvalue weighted by atomic mass is 10.2. The molecule has 0 spiro atoms. The average molecular weight is 284 g/mol. The fraction of sp³-hybridized carbons (Fsp3) is 0.462. The number of hydrogen-bond acceptors (Lipinski definition) is 3. The molecule has 2 rings (SSSR count). The second kappa shape index (κ2) is 5.43. The first-order valence-electron chi connectivity index (χ1n) is 6.00. The molecule has 0 aromatic heterocycles. The van der Waals surface area contributed by atoms with Crippen molar-refractivity contribution in [3.63, 3.8) is 0 Å². The van der Waals surface area contributed by atoms with Crippen molar-refractivity contribution in [2.45, 2.75) is 12.5 Å². The van der Waals surface area contributed by atoms with Gasteiger partial charge in [0, 0.05) is 30.4 Å².